The third-order valence-corrected chi connectivity index (χ3v) is 11.0. The van der Waals surface area contributed by atoms with Gasteiger partial charge in [-0.15, -0.1) is 0 Å². The van der Waals surface area contributed by atoms with Crippen LogP contribution < -0.4 is 15.8 Å². The van der Waals surface area contributed by atoms with Crippen LogP contribution in [0.4, 0.5) is 0 Å². The van der Waals surface area contributed by atoms with Gasteiger partial charge in [-0.05, 0) is 87.5 Å². The molecule has 1 amide bonds. The number of hydrogen-bond donors (Lipinski definition) is 7. The Kier molecular flexibility index (Phi) is 8.40. The summed E-state index contributed by atoms with van der Waals surface area (Å²) < 4.78 is 5.68. The highest BCUT2D eigenvalue weighted by Crippen LogP contribution is 2.57. The van der Waals surface area contributed by atoms with E-state index in [4.69, 9.17) is 10.5 Å². The average Bonchev–Trinajstić information content (AvgIpc) is 3.01. The summed E-state index contributed by atoms with van der Waals surface area (Å²) in [5.74, 6) is -4.32. The topological polar surface area (TPSA) is 186 Å². The van der Waals surface area contributed by atoms with Crippen LogP contribution in [0.5, 0.6) is 11.5 Å². The number of aromatic hydroxyl groups is 1. The largest absolute Gasteiger partial charge is 0.510 e. The van der Waals surface area contributed by atoms with Gasteiger partial charge < -0.3 is 41.3 Å². The first-order valence-corrected chi connectivity index (χ1v) is 16.3. The number of hydrogen-bond acceptors (Lipinski definition) is 10. The zero-order valence-electron chi connectivity index (χ0n) is 27.3. The summed E-state index contributed by atoms with van der Waals surface area (Å²) in [4.78, 5) is 28.3. The number of allylic oxidation sites excluding steroid dienone is 1. The minimum atomic E-state index is -2.54. The van der Waals surface area contributed by atoms with Crippen LogP contribution in [0.15, 0.2) is 53.0 Å². The van der Waals surface area contributed by atoms with Gasteiger partial charge in [0.2, 0.25) is 0 Å². The molecule has 0 spiro atoms. The molecule has 252 valence electrons. The van der Waals surface area contributed by atoms with Gasteiger partial charge in [-0.1, -0.05) is 31.4 Å². The number of aliphatic hydroxyl groups excluding tert-OH is 2. The fourth-order valence-corrected chi connectivity index (χ4v) is 8.74. The van der Waals surface area contributed by atoms with Crippen LogP contribution in [0.2, 0.25) is 0 Å². The van der Waals surface area contributed by atoms with Gasteiger partial charge in [0, 0.05) is 29.6 Å². The van der Waals surface area contributed by atoms with Crippen LogP contribution in [0.1, 0.15) is 66.9 Å². The Balaban J connectivity index is 1.45. The number of methoxy groups -OCH3 is 1. The number of nitrogens with one attached hydrogen (secondary N) is 1. The zero-order chi connectivity index (χ0) is 34.0. The molecular weight excluding hydrogens is 602 g/mol. The van der Waals surface area contributed by atoms with E-state index in [0.29, 0.717) is 18.2 Å². The second-order valence-electron chi connectivity index (χ2n) is 13.9. The van der Waals surface area contributed by atoms with E-state index in [1.165, 1.54) is 25.3 Å². The Labute approximate surface area is 274 Å². The molecule has 0 saturated heterocycles. The minimum Gasteiger partial charge on any atom is -0.510 e. The molecule has 0 aromatic heterocycles. The summed E-state index contributed by atoms with van der Waals surface area (Å²) in [7, 11) is 4.91. The molecule has 11 heteroatoms. The molecule has 1 saturated carbocycles. The highest BCUT2D eigenvalue weighted by molar-refractivity contribution is 6.14. The van der Waals surface area contributed by atoms with Crippen molar-refractivity contribution >= 4 is 11.7 Å². The van der Waals surface area contributed by atoms with E-state index in [1.54, 1.807) is 32.2 Å². The number of nitrogens with zero attached hydrogens (tertiary/aromatic N) is 1. The van der Waals surface area contributed by atoms with Gasteiger partial charge in [0.15, 0.2) is 11.4 Å². The second-order valence-corrected chi connectivity index (χ2v) is 13.9. The zero-order valence-corrected chi connectivity index (χ0v) is 27.3. The van der Waals surface area contributed by atoms with Gasteiger partial charge in [0.1, 0.15) is 28.6 Å². The van der Waals surface area contributed by atoms with Crippen molar-refractivity contribution in [2.75, 3.05) is 21.2 Å². The number of amides is 1. The van der Waals surface area contributed by atoms with E-state index < -0.39 is 57.9 Å². The molecule has 0 radical (unpaired) electrons. The maximum absolute atomic E-state index is 14.3. The van der Waals surface area contributed by atoms with Crippen LogP contribution >= 0.6 is 0 Å². The molecule has 2 aromatic rings. The lowest BCUT2D eigenvalue weighted by Crippen LogP contribution is -2.70. The number of Topliss-reactive ketones (excluding diaryl/α,β-unsaturated/α-hetero) is 1. The number of phenols is 1. The van der Waals surface area contributed by atoms with E-state index in [-0.39, 0.29) is 29.7 Å². The molecule has 2 aromatic carbocycles. The number of primary amides is 1. The van der Waals surface area contributed by atoms with Crippen molar-refractivity contribution in [3.63, 3.8) is 0 Å². The molecule has 5 atom stereocenters. The summed E-state index contributed by atoms with van der Waals surface area (Å²) in [6, 6.07) is 8.49. The number of fused-ring (bicyclic) bond motifs is 3. The molecule has 8 N–H and O–H groups in total. The quantitative estimate of drug-likeness (QED) is 0.235. The first-order chi connectivity index (χ1) is 22.2. The van der Waals surface area contributed by atoms with Gasteiger partial charge in [0.25, 0.3) is 5.91 Å². The van der Waals surface area contributed by atoms with Gasteiger partial charge in [0.05, 0.1) is 24.3 Å². The van der Waals surface area contributed by atoms with Gasteiger partial charge in [-0.2, -0.15) is 0 Å². The molecule has 11 nitrogen and oxygen atoms in total. The van der Waals surface area contributed by atoms with E-state index in [1.807, 2.05) is 18.2 Å². The molecule has 1 fully saturated rings. The van der Waals surface area contributed by atoms with Crippen molar-refractivity contribution in [3.8, 4) is 22.6 Å². The van der Waals surface area contributed by atoms with Crippen LogP contribution in [0, 0.1) is 11.8 Å². The molecule has 47 heavy (non-hydrogen) atoms. The number of nitrogens with two attached hydrogens (primary N) is 1. The summed E-state index contributed by atoms with van der Waals surface area (Å²) in [5, 5.41) is 61.6. The number of carbonyl (C=O) groups excluding carboxylic acids is 2. The number of aliphatic hydroxyl groups is 4. The SMILES string of the molecule is COc1ccc(-c2ccc(O)c3c2C[C@H]2C[C@H]4[C@H](N(C)C)C(O)=C(C(N)=O)C(C)(O)[C@@]4(O)C(O)=C2C3=O)cc1CNC1CCCCC1. The predicted octanol–water partition coefficient (Wildman–Crippen LogP) is 3.40. The number of ketones is 1. The van der Waals surface area contributed by atoms with Crippen molar-refractivity contribution in [2.45, 2.75) is 81.7 Å². The fraction of sp³-hybridized carbons (Fsp3) is 0.500. The molecular formula is C36H45N3O8. The number of ether oxygens (including phenoxy) is 1. The van der Waals surface area contributed by atoms with Crippen LogP contribution in [-0.4, -0.2) is 86.6 Å². The van der Waals surface area contributed by atoms with Crippen molar-refractivity contribution in [1.82, 2.24) is 10.2 Å². The number of benzene rings is 2. The van der Waals surface area contributed by atoms with Gasteiger partial charge >= 0.3 is 0 Å². The highest BCUT2D eigenvalue weighted by atomic mass is 16.5. The molecule has 0 aliphatic heterocycles. The number of phenolic OH excluding ortho intramolecular Hbond substituents is 1. The van der Waals surface area contributed by atoms with E-state index in [9.17, 15) is 35.1 Å². The Bertz CT molecular complexity index is 1690. The van der Waals surface area contributed by atoms with E-state index in [2.05, 4.69) is 5.32 Å². The summed E-state index contributed by atoms with van der Waals surface area (Å²) >= 11 is 0. The lowest BCUT2D eigenvalue weighted by molar-refractivity contribution is -0.183. The van der Waals surface area contributed by atoms with Crippen LogP contribution in [0.3, 0.4) is 0 Å². The maximum atomic E-state index is 14.3. The van der Waals surface area contributed by atoms with Crippen molar-refractivity contribution in [2.24, 2.45) is 17.6 Å². The Hall–Kier alpha value is -3.90. The fourth-order valence-electron chi connectivity index (χ4n) is 8.74. The van der Waals surface area contributed by atoms with Gasteiger partial charge in [-0.3, -0.25) is 14.5 Å². The van der Waals surface area contributed by atoms with E-state index in [0.717, 1.165) is 42.2 Å². The minimum absolute atomic E-state index is 0.00757. The first-order valence-electron chi connectivity index (χ1n) is 16.3. The monoisotopic (exact) mass is 647 g/mol. The number of likely N-dealkylation sites (N-methyl/N-ethyl adjacent to an activating group) is 1. The predicted molar refractivity (Wildman–Crippen MR) is 175 cm³/mol. The summed E-state index contributed by atoms with van der Waals surface area (Å²) in [6.45, 7) is 1.71. The van der Waals surface area contributed by atoms with E-state index >= 15 is 0 Å². The molecule has 6 rings (SSSR count). The summed E-state index contributed by atoms with van der Waals surface area (Å²) in [6.07, 6.45) is 6.26. The third-order valence-electron chi connectivity index (χ3n) is 11.0. The maximum Gasteiger partial charge on any atom is 0.251 e. The smallest absolute Gasteiger partial charge is 0.251 e. The molecule has 0 bridgehead atoms. The molecule has 0 heterocycles. The second kappa shape index (κ2) is 12.0. The molecule has 4 aliphatic rings. The van der Waals surface area contributed by atoms with Crippen LogP contribution in [0.25, 0.3) is 11.1 Å². The number of carbonyl (C=O) groups is 2. The summed E-state index contributed by atoms with van der Waals surface area (Å²) in [5.41, 5.74) is 2.86. The van der Waals surface area contributed by atoms with Crippen molar-refractivity contribution in [1.29, 1.82) is 0 Å². The standard InChI is InChI=1S/C36H45N3O8/c1-35(45)29(34(37)44)32(42)30(39(2)3)24-16-19-15-23-22(11-12-25(40)28(23)31(41)27(19)33(43)36(24,35)46)18-10-13-26(47-4)20(14-18)17-38-21-8-6-5-7-9-21/h10-14,19,21,24,30,38,40,42-43,45-46H,5-9,15-17H2,1-4H3,(H2,37,44)/t19-,24-,30-,35?,36-/m0/s1. The average molecular weight is 648 g/mol. The van der Waals surface area contributed by atoms with Gasteiger partial charge in [-0.25, -0.2) is 0 Å². The lowest BCUT2D eigenvalue weighted by Gasteiger charge is -2.56. The normalized spacial score (nSPS) is 29.4. The molecule has 4 aliphatic carbocycles. The van der Waals surface area contributed by atoms with Crippen molar-refractivity contribution in [3.05, 3.63) is 69.7 Å². The van der Waals surface area contributed by atoms with Crippen molar-refractivity contribution < 1.29 is 39.9 Å². The Morgan fingerprint density at radius 3 is 2.43 bits per heavy atom. The Morgan fingerprint density at radius 2 is 1.79 bits per heavy atom. The molecule has 1 unspecified atom stereocenters. The number of rotatable bonds is 7. The first kappa shape index (κ1) is 33.0. The third kappa shape index (κ3) is 5.02. The lowest BCUT2D eigenvalue weighted by atomic mass is 9.54. The Morgan fingerprint density at radius 1 is 1.09 bits per heavy atom. The van der Waals surface area contributed by atoms with Crippen LogP contribution in [-0.2, 0) is 17.8 Å². The highest BCUT2D eigenvalue weighted by Gasteiger charge is 2.68.